The van der Waals surface area contributed by atoms with Crippen molar-refractivity contribution in [3.05, 3.63) is 77.7 Å². The number of aromatic nitrogens is 3. The predicted octanol–water partition coefficient (Wildman–Crippen LogP) is 6.36. The average molecular weight is 556 g/mol. The summed E-state index contributed by atoms with van der Waals surface area (Å²) >= 11 is 0.905. The lowest BCUT2D eigenvalue weighted by atomic mass is 10.1. The number of anilines is 1. The maximum atomic E-state index is 13.1. The molecular weight excluding hydrogens is 538 g/mol. The van der Waals surface area contributed by atoms with E-state index < -0.39 is 35.1 Å². The van der Waals surface area contributed by atoms with Gasteiger partial charge in [0.25, 0.3) is 0 Å². The Kier molecular flexibility index (Phi) is 7.71. The highest BCUT2D eigenvalue weighted by Gasteiger charge is 2.37. The minimum absolute atomic E-state index is 0.0117. The number of benzene rings is 2. The van der Waals surface area contributed by atoms with Crippen LogP contribution in [-0.2, 0) is 23.7 Å². The third-order valence-corrected chi connectivity index (χ3v) is 6.13. The monoisotopic (exact) mass is 556 g/mol. The number of amides is 1. The third kappa shape index (κ3) is 6.49. The summed E-state index contributed by atoms with van der Waals surface area (Å²) in [7, 11) is 1.53. The lowest BCUT2D eigenvalue weighted by molar-refractivity contribution is -0.143. The summed E-state index contributed by atoms with van der Waals surface area (Å²) in [6.45, 7) is 0.202. The second-order valence-electron chi connectivity index (χ2n) is 7.83. The van der Waals surface area contributed by atoms with Gasteiger partial charge in [-0.25, -0.2) is 0 Å². The topological polar surface area (TPSA) is 82.2 Å². The van der Waals surface area contributed by atoms with Crippen molar-refractivity contribution in [3.8, 4) is 17.1 Å². The summed E-state index contributed by atoms with van der Waals surface area (Å²) in [5, 5.41) is 10.7. The highest BCUT2D eigenvalue weighted by Crippen LogP contribution is 2.37. The lowest BCUT2D eigenvalue weighted by Gasteiger charge is -2.14. The predicted molar refractivity (Wildman–Crippen MR) is 126 cm³/mol. The van der Waals surface area contributed by atoms with Crippen LogP contribution in [0.25, 0.3) is 11.4 Å². The van der Waals surface area contributed by atoms with E-state index in [-0.39, 0.29) is 23.5 Å². The van der Waals surface area contributed by atoms with Crippen molar-refractivity contribution in [1.82, 2.24) is 14.8 Å². The Morgan fingerprint density at radius 2 is 1.66 bits per heavy atom. The number of carbonyl (C=O) groups is 1. The van der Waals surface area contributed by atoms with E-state index in [4.69, 9.17) is 9.15 Å². The van der Waals surface area contributed by atoms with Crippen molar-refractivity contribution in [1.29, 1.82) is 0 Å². The molecular formula is C24H18F6N4O3S. The Bertz CT molecular complexity index is 1370. The van der Waals surface area contributed by atoms with Crippen LogP contribution in [0, 0.1) is 0 Å². The van der Waals surface area contributed by atoms with Crippen LogP contribution in [0.5, 0.6) is 5.75 Å². The summed E-state index contributed by atoms with van der Waals surface area (Å²) in [6.07, 6.45) is -8.58. The number of furan rings is 1. The highest BCUT2D eigenvalue weighted by molar-refractivity contribution is 7.99. The van der Waals surface area contributed by atoms with Gasteiger partial charge < -0.3 is 14.5 Å². The van der Waals surface area contributed by atoms with E-state index in [0.717, 1.165) is 11.8 Å². The first-order valence-electron chi connectivity index (χ1n) is 10.8. The molecule has 2 heterocycles. The molecule has 0 aliphatic heterocycles. The van der Waals surface area contributed by atoms with E-state index >= 15 is 0 Å². The maximum absolute atomic E-state index is 13.1. The van der Waals surface area contributed by atoms with Crippen molar-refractivity contribution in [3.63, 3.8) is 0 Å². The third-order valence-electron chi connectivity index (χ3n) is 5.16. The van der Waals surface area contributed by atoms with Crippen LogP contribution in [0.15, 0.2) is 70.4 Å². The van der Waals surface area contributed by atoms with E-state index in [9.17, 15) is 31.1 Å². The van der Waals surface area contributed by atoms with E-state index in [1.807, 2.05) is 0 Å². The van der Waals surface area contributed by atoms with Crippen LogP contribution in [0.3, 0.4) is 0 Å². The maximum Gasteiger partial charge on any atom is 0.416 e. The van der Waals surface area contributed by atoms with Gasteiger partial charge in [0.2, 0.25) is 5.91 Å². The standard InChI is InChI=1S/C24H18F6N4O3S/c1-36-18-6-4-14(5-7-18)21-32-33-22(34(21)12-19-3-2-8-37-19)38-13-20(35)31-17-10-15(23(25,26)27)9-16(11-17)24(28,29)30/h2-11H,12-13H2,1H3,(H,31,35). The highest BCUT2D eigenvalue weighted by atomic mass is 32.2. The molecule has 0 radical (unpaired) electrons. The number of hydrogen-bond donors (Lipinski definition) is 1. The Labute approximate surface area is 215 Å². The van der Waals surface area contributed by atoms with Gasteiger partial charge in [0.1, 0.15) is 11.5 Å². The van der Waals surface area contributed by atoms with Crippen molar-refractivity contribution < 1.29 is 40.3 Å². The van der Waals surface area contributed by atoms with Gasteiger partial charge in [-0.2, -0.15) is 26.3 Å². The van der Waals surface area contributed by atoms with Crippen LogP contribution in [0.4, 0.5) is 32.0 Å². The number of hydrogen-bond acceptors (Lipinski definition) is 6. The number of ether oxygens (including phenoxy) is 1. The molecule has 7 nitrogen and oxygen atoms in total. The second kappa shape index (κ2) is 10.8. The van der Waals surface area contributed by atoms with Gasteiger partial charge in [-0.05, 0) is 54.6 Å². The first-order chi connectivity index (χ1) is 17.9. The van der Waals surface area contributed by atoms with E-state index in [1.54, 1.807) is 41.0 Å². The molecule has 0 aliphatic carbocycles. The molecule has 2 aromatic heterocycles. The van der Waals surface area contributed by atoms with Crippen LogP contribution in [0.2, 0.25) is 0 Å². The van der Waals surface area contributed by atoms with Gasteiger partial charge in [0.05, 0.1) is 36.8 Å². The first-order valence-corrected chi connectivity index (χ1v) is 11.7. The quantitative estimate of drug-likeness (QED) is 0.201. The molecule has 0 atom stereocenters. The molecule has 4 rings (SSSR count). The smallest absolute Gasteiger partial charge is 0.416 e. The van der Waals surface area contributed by atoms with Gasteiger partial charge in [0.15, 0.2) is 11.0 Å². The average Bonchev–Trinajstić information content (AvgIpc) is 3.52. The fourth-order valence-corrected chi connectivity index (χ4v) is 4.14. The van der Waals surface area contributed by atoms with Crippen molar-refractivity contribution in [2.24, 2.45) is 0 Å². The Hall–Kier alpha value is -3.94. The molecule has 2 aromatic carbocycles. The molecule has 0 bridgehead atoms. The van der Waals surface area contributed by atoms with Crippen LogP contribution < -0.4 is 10.1 Å². The minimum atomic E-state index is -5.03. The molecule has 0 aliphatic rings. The Morgan fingerprint density at radius 3 is 2.21 bits per heavy atom. The Morgan fingerprint density at radius 1 is 1.00 bits per heavy atom. The van der Waals surface area contributed by atoms with Crippen LogP contribution in [-0.4, -0.2) is 33.5 Å². The van der Waals surface area contributed by atoms with Gasteiger partial charge in [0, 0.05) is 11.3 Å². The van der Waals surface area contributed by atoms with Crippen LogP contribution >= 0.6 is 11.8 Å². The molecule has 4 aromatic rings. The second-order valence-corrected chi connectivity index (χ2v) is 8.77. The molecule has 0 saturated heterocycles. The number of halogens is 6. The fraction of sp³-hybridized carbons (Fsp3) is 0.208. The molecule has 0 unspecified atom stereocenters. The summed E-state index contributed by atoms with van der Waals surface area (Å²) in [5.41, 5.74) is -3.01. The van der Waals surface area contributed by atoms with Gasteiger partial charge in [-0.1, -0.05) is 11.8 Å². The largest absolute Gasteiger partial charge is 0.497 e. The molecule has 38 heavy (non-hydrogen) atoms. The van der Waals surface area contributed by atoms with E-state index in [2.05, 4.69) is 15.5 Å². The number of rotatable bonds is 8. The number of carbonyl (C=O) groups excluding carboxylic acids is 1. The zero-order valence-corrected chi connectivity index (χ0v) is 20.2. The van der Waals surface area contributed by atoms with E-state index in [1.165, 1.54) is 13.4 Å². The SMILES string of the molecule is COc1ccc(-c2nnc(SCC(=O)Nc3cc(C(F)(F)F)cc(C(F)(F)F)c3)n2Cc2ccco2)cc1. The summed E-state index contributed by atoms with van der Waals surface area (Å²) in [4.78, 5) is 12.5. The summed E-state index contributed by atoms with van der Waals surface area (Å²) in [6, 6.07) is 11.3. The van der Waals surface area contributed by atoms with Gasteiger partial charge in [-0.15, -0.1) is 10.2 Å². The zero-order chi connectivity index (χ0) is 27.5. The minimum Gasteiger partial charge on any atom is -0.497 e. The van der Waals surface area contributed by atoms with Gasteiger partial charge >= 0.3 is 12.4 Å². The lowest BCUT2D eigenvalue weighted by Crippen LogP contribution is -2.17. The number of nitrogens with one attached hydrogen (secondary N) is 1. The van der Waals surface area contributed by atoms with Crippen molar-refractivity contribution >= 4 is 23.4 Å². The van der Waals surface area contributed by atoms with Crippen molar-refractivity contribution in [2.45, 2.75) is 24.1 Å². The first kappa shape index (κ1) is 27.1. The molecule has 1 N–H and O–H groups in total. The van der Waals surface area contributed by atoms with Crippen LogP contribution in [0.1, 0.15) is 16.9 Å². The Balaban J connectivity index is 1.55. The molecule has 1 amide bonds. The molecule has 0 fully saturated rings. The van der Waals surface area contributed by atoms with Crippen molar-refractivity contribution in [2.75, 3.05) is 18.2 Å². The number of methoxy groups -OCH3 is 1. The molecule has 0 spiro atoms. The van der Waals surface area contributed by atoms with Gasteiger partial charge in [-0.3, -0.25) is 9.36 Å². The summed E-state index contributed by atoms with van der Waals surface area (Å²) in [5.74, 6) is 0.437. The number of alkyl halides is 6. The molecule has 0 saturated carbocycles. The zero-order valence-electron chi connectivity index (χ0n) is 19.4. The molecule has 14 heteroatoms. The normalized spacial score (nSPS) is 12.0. The molecule has 200 valence electrons. The fourth-order valence-electron chi connectivity index (χ4n) is 3.40. The summed E-state index contributed by atoms with van der Waals surface area (Å²) < 4.78 is 90.9. The van der Waals surface area contributed by atoms with E-state index in [0.29, 0.717) is 35.0 Å². The number of nitrogens with zero attached hydrogens (tertiary/aromatic N) is 3. The number of thioether (sulfide) groups is 1.